The first-order chi connectivity index (χ1) is 26.7. The topological polar surface area (TPSA) is 69.6 Å². The zero-order valence-corrected chi connectivity index (χ0v) is 35.5. The molecule has 0 aliphatic heterocycles. The summed E-state index contributed by atoms with van der Waals surface area (Å²) in [5.41, 5.74) is 0. The van der Waals surface area contributed by atoms with Gasteiger partial charge >= 0.3 is 0 Å². The van der Waals surface area contributed by atoms with Crippen molar-refractivity contribution < 1.29 is 15.0 Å². The van der Waals surface area contributed by atoms with Crippen LogP contribution in [0.4, 0.5) is 0 Å². The van der Waals surface area contributed by atoms with E-state index in [2.05, 4.69) is 92.1 Å². The van der Waals surface area contributed by atoms with Crippen LogP contribution in [0.25, 0.3) is 0 Å². The molecule has 0 aromatic heterocycles. The Bertz CT molecular complexity index is 988. The first-order valence-corrected chi connectivity index (χ1v) is 22.8. The highest BCUT2D eigenvalue weighted by atomic mass is 16.3. The third-order valence-electron chi connectivity index (χ3n) is 9.86. The molecule has 0 saturated carbocycles. The van der Waals surface area contributed by atoms with Crippen LogP contribution in [0, 0.1) is 0 Å². The lowest BCUT2D eigenvalue weighted by Crippen LogP contribution is -2.45. The van der Waals surface area contributed by atoms with Crippen molar-refractivity contribution in [1.82, 2.24) is 5.32 Å². The Kier molecular flexibility index (Phi) is 42.9. The highest BCUT2D eigenvalue weighted by Gasteiger charge is 2.17. The van der Waals surface area contributed by atoms with Crippen LogP contribution in [0.5, 0.6) is 0 Å². The zero-order chi connectivity index (χ0) is 39.3. The van der Waals surface area contributed by atoms with Gasteiger partial charge in [0.05, 0.1) is 18.8 Å². The maximum absolute atomic E-state index is 12.4. The molecule has 2 atom stereocenters. The second kappa shape index (κ2) is 45.0. The molecule has 1 amide bonds. The van der Waals surface area contributed by atoms with Gasteiger partial charge in [-0.15, -0.1) is 0 Å². The SMILES string of the molecule is CC/C=C\C/C=C\C/C=C\C/C=C\C/C=C\CCCCCCCCCC(=O)NC(CO)C(O)/C=C/CC/C=C/CCCCCCCCCCCCCCC. The summed E-state index contributed by atoms with van der Waals surface area (Å²) < 4.78 is 0. The fraction of sp³-hybridized carbons (Fsp3) is 0.700. The molecule has 0 aromatic carbocycles. The van der Waals surface area contributed by atoms with Gasteiger partial charge in [-0.25, -0.2) is 0 Å². The van der Waals surface area contributed by atoms with Gasteiger partial charge in [0.25, 0.3) is 0 Å². The Hall–Kier alpha value is -2.43. The van der Waals surface area contributed by atoms with Gasteiger partial charge in [0.2, 0.25) is 5.91 Å². The number of aliphatic hydroxyl groups excluding tert-OH is 2. The zero-order valence-electron chi connectivity index (χ0n) is 35.5. The number of carbonyl (C=O) groups excluding carboxylic acids is 1. The van der Waals surface area contributed by atoms with Gasteiger partial charge in [0.1, 0.15) is 0 Å². The Morgan fingerprint density at radius 1 is 0.463 bits per heavy atom. The number of rotatable bonds is 40. The largest absolute Gasteiger partial charge is 0.394 e. The third kappa shape index (κ3) is 40.7. The van der Waals surface area contributed by atoms with Gasteiger partial charge in [-0.3, -0.25) is 4.79 Å². The lowest BCUT2D eigenvalue weighted by atomic mass is 10.0. The minimum Gasteiger partial charge on any atom is -0.394 e. The fourth-order valence-corrected chi connectivity index (χ4v) is 6.40. The molecule has 2 unspecified atom stereocenters. The average molecular weight is 750 g/mol. The van der Waals surface area contributed by atoms with Crippen LogP contribution in [0.3, 0.4) is 0 Å². The average Bonchev–Trinajstić information content (AvgIpc) is 3.18. The first-order valence-electron chi connectivity index (χ1n) is 22.8. The Balaban J connectivity index is 3.67. The molecule has 0 radical (unpaired) electrons. The fourth-order valence-electron chi connectivity index (χ4n) is 6.40. The van der Waals surface area contributed by atoms with Crippen LogP contribution < -0.4 is 5.32 Å². The molecule has 0 aliphatic rings. The summed E-state index contributed by atoms with van der Waals surface area (Å²) in [6.07, 6.45) is 65.5. The molecule has 0 heterocycles. The first kappa shape index (κ1) is 51.6. The quantitative estimate of drug-likeness (QED) is 0.0431. The normalized spacial score (nSPS) is 13.8. The number of allylic oxidation sites excluding steroid dienone is 13. The van der Waals surface area contributed by atoms with E-state index in [1.54, 1.807) is 6.08 Å². The Morgan fingerprint density at radius 2 is 0.833 bits per heavy atom. The van der Waals surface area contributed by atoms with Crippen molar-refractivity contribution in [3.8, 4) is 0 Å². The van der Waals surface area contributed by atoms with Crippen molar-refractivity contribution in [3.05, 3.63) is 85.1 Å². The molecule has 0 spiro atoms. The van der Waals surface area contributed by atoms with E-state index in [0.29, 0.717) is 6.42 Å². The van der Waals surface area contributed by atoms with Crippen LogP contribution in [0.2, 0.25) is 0 Å². The van der Waals surface area contributed by atoms with Crippen molar-refractivity contribution in [2.75, 3.05) is 6.61 Å². The number of hydrogen-bond acceptors (Lipinski definition) is 3. The molecule has 0 aliphatic carbocycles. The number of carbonyl (C=O) groups is 1. The second-order valence-corrected chi connectivity index (χ2v) is 15.1. The molecule has 0 fully saturated rings. The van der Waals surface area contributed by atoms with Crippen molar-refractivity contribution in [2.45, 2.75) is 219 Å². The summed E-state index contributed by atoms with van der Waals surface area (Å²) in [5.74, 6) is -0.0883. The Labute approximate surface area is 335 Å². The number of amides is 1. The summed E-state index contributed by atoms with van der Waals surface area (Å²) in [4.78, 5) is 12.4. The summed E-state index contributed by atoms with van der Waals surface area (Å²) in [6, 6.07) is -0.650. The van der Waals surface area contributed by atoms with Crippen LogP contribution in [0.15, 0.2) is 85.1 Å². The number of aliphatic hydroxyl groups is 2. The van der Waals surface area contributed by atoms with Gasteiger partial charge in [0, 0.05) is 6.42 Å². The van der Waals surface area contributed by atoms with Crippen LogP contribution in [-0.4, -0.2) is 34.9 Å². The van der Waals surface area contributed by atoms with E-state index in [0.717, 1.165) is 77.0 Å². The van der Waals surface area contributed by atoms with E-state index >= 15 is 0 Å². The van der Waals surface area contributed by atoms with Crippen molar-refractivity contribution in [1.29, 1.82) is 0 Å². The van der Waals surface area contributed by atoms with E-state index in [4.69, 9.17) is 0 Å². The van der Waals surface area contributed by atoms with Gasteiger partial charge in [-0.2, -0.15) is 0 Å². The van der Waals surface area contributed by atoms with E-state index in [1.807, 2.05) is 6.08 Å². The molecular weight excluding hydrogens is 663 g/mol. The second-order valence-electron chi connectivity index (χ2n) is 15.1. The molecule has 0 bridgehead atoms. The Morgan fingerprint density at radius 3 is 1.30 bits per heavy atom. The number of nitrogens with one attached hydrogen (secondary N) is 1. The van der Waals surface area contributed by atoms with Crippen molar-refractivity contribution >= 4 is 5.91 Å². The molecular formula is C50H87NO3. The summed E-state index contributed by atoms with van der Waals surface area (Å²) in [7, 11) is 0. The smallest absolute Gasteiger partial charge is 0.220 e. The minimum atomic E-state index is -0.872. The standard InChI is InChI=1S/C50H87NO3/c1-3-5-7-9-11-13-15-17-19-21-23-24-25-26-28-30-32-34-36-38-40-42-44-46-50(54)51-48(47-52)49(53)45-43-41-39-37-35-33-31-29-27-22-20-18-16-14-12-10-8-6-4-2/h5,7,11,13,17,19,23-24,26,28,35,37,43,45,48-49,52-53H,3-4,6,8-10,12,14-16,18,20-22,25,27,29-34,36,38-42,44,46-47H2,1-2H3,(H,51,54)/b7-5-,13-11-,19-17-,24-23-,28-26-,37-35+,45-43+. The van der Waals surface area contributed by atoms with Crippen LogP contribution in [0.1, 0.15) is 206 Å². The maximum atomic E-state index is 12.4. The van der Waals surface area contributed by atoms with E-state index in [1.165, 1.54) is 109 Å². The van der Waals surface area contributed by atoms with E-state index in [9.17, 15) is 15.0 Å². The molecule has 310 valence electrons. The molecule has 0 rings (SSSR count). The van der Waals surface area contributed by atoms with Crippen molar-refractivity contribution in [3.63, 3.8) is 0 Å². The molecule has 0 saturated heterocycles. The maximum Gasteiger partial charge on any atom is 0.220 e. The molecule has 3 N–H and O–H groups in total. The minimum absolute atomic E-state index is 0.0883. The number of unbranched alkanes of at least 4 members (excludes halogenated alkanes) is 21. The van der Waals surface area contributed by atoms with Gasteiger partial charge in [-0.1, -0.05) is 208 Å². The van der Waals surface area contributed by atoms with E-state index < -0.39 is 12.1 Å². The molecule has 4 heteroatoms. The number of hydrogen-bond donors (Lipinski definition) is 3. The monoisotopic (exact) mass is 750 g/mol. The van der Waals surface area contributed by atoms with Crippen LogP contribution >= 0.6 is 0 Å². The highest BCUT2D eigenvalue weighted by Crippen LogP contribution is 2.14. The van der Waals surface area contributed by atoms with Gasteiger partial charge in [0.15, 0.2) is 0 Å². The lowest BCUT2D eigenvalue weighted by Gasteiger charge is -2.19. The highest BCUT2D eigenvalue weighted by molar-refractivity contribution is 5.76. The molecule has 54 heavy (non-hydrogen) atoms. The predicted octanol–water partition coefficient (Wildman–Crippen LogP) is 14.5. The summed E-state index contributed by atoms with van der Waals surface area (Å²) >= 11 is 0. The summed E-state index contributed by atoms with van der Waals surface area (Å²) in [6.45, 7) is 4.17. The van der Waals surface area contributed by atoms with Crippen molar-refractivity contribution in [2.24, 2.45) is 0 Å². The molecule has 0 aromatic rings. The van der Waals surface area contributed by atoms with Gasteiger partial charge < -0.3 is 15.5 Å². The van der Waals surface area contributed by atoms with Gasteiger partial charge in [-0.05, 0) is 77.0 Å². The van der Waals surface area contributed by atoms with E-state index in [-0.39, 0.29) is 12.5 Å². The summed E-state index contributed by atoms with van der Waals surface area (Å²) in [5, 5.41) is 23.0. The predicted molar refractivity (Wildman–Crippen MR) is 239 cm³/mol. The van der Waals surface area contributed by atoms with Crippen LogP contribution in [-0.2, 0) is 4.79 Å². The third-order valence-corrected chi connectivity index (χ3v) is 9.86. The lowest BCUT2D eigenvalue weighted by molar-refractivity contribution is -0.123. The molecule has 4 nitrogen and oxygen atoms in total.